The molecule has 18 heavy (non-hydrogen) atoms. The number of amides is 1. The van der Waals surface area contributed by atoms with E-state index in [2.05, 4.69) is 24.9 Å². The Kier molecular flexibility index (Phi) is 3.85. The van der Waals surface area contributed by atoms with Gasteiger partial charge in [-0.2, -0.15) is 5.10 Å². The highest BCUT2D eigenvalue weighted by Gasteiger charge is 2.05. The number of aryl methyl sites for hydroxylation is 1. The highest BCUT2D eigenvalue weighted by atomic mass is 16.4. The fraction of sp³-hybridized carbons (Fsp3) is 0.273. The van der Waals surface area contributed by atoms with Crippen molar-refractivity contribution >= 4 is 5.91 Å². The number of aromatic nitrogens is 3. The molecule has 0 aliphatic carbocycles. The number of hydrogen-bond donors (Lipinski definition) is 2. The van der Waals surface area contributed by atoms with Crippen LogP contribution in [0.25, 0.3) is 0 Å². The molecule has 0 radical (unpaired) electrons. The summed E-state index contributed by atoms with van der Waals surface area (Å²) >= 11 is 0. The molecule has 0 aromatic carbocycles. The maximum absolute atomic E-state index is 11.6. The molecule has 1 amide bonds. The number of carbonyl (C=O) groups is 1. The molecule has 2 aromatic rings. The first-order chi connectivity index (χ1) is 8.75. The van der Waals surface area contributed by atoms with E-state index in [1.807, 2.05) is 0 Å². The Morgan fingerprint density at radius 2 is 2.33 bits per heavy atom. The molecule has 94 valence electrons. The van der Waals surface area contributed by atoms with Crippen LogP contribution in [-0.2, 0) is 6.42 Å². The van der Waals surface area contributed by atoms with E-state index in [4.69, 9.17) is 0 Å². The second-order valence-electron chi connectivity index (χ2n) is 3.64. The van der Waals surface area contributed by atoms with E-state index in [0.29, 0.717) is 18.5 Å². The smallest absolute Gasteiger partial charge is 0.335 e. The van der Waals surface area contributed by atoms with E-state index < -0.39 is 5.63 Å². The van der Waals surface area contributed by atoms with Gasteiger partial charge in [-0.15, -0.1) is 0 Å². The number of nitrogens with zero attached hydrogens (tertiary/aromatic N) is 2. The molecular formula is C11H12N4O3. The van der Waals surface area contributed by atoms with Crippen molar-refractivity contribution in [1.82, 2.24) is 20.5 Å². The van der Waals surface area contributed by atoms with Crippen LogP contribution in [0.3, 0.4) is 0 Å². The molecule has 0 fully saturated rings. The molecule has 0 aliphatic heterocycles. The lowest BCUT2D eigenvalue weighted by Crippen LogP contribution is -2.25. The predicted molar refractivity (Wildman–Crippen MR) is 62.0 cm³/mol. The van der Waals surface area contributed by atoms with E-state index in [1.54, 1.807) is 0 Å². The molecule has 7 nitrogen and oxygen atoms in total. The number of nitrogens with one attached hydrogen (secondary N) is 2. The molecule has 0 saturated heterocycles. The van der Waals surface area contributed by atoms with Crippen LogP contribution in [0.1, 0.15) is 22.6 Å². The standard InChI is InChI=1S/C11H12N4O3/c16-10-4-3-8(6-18-10)11(17)12-5-1-2-9-13-7-14-15-9/h3-4,6-7H,1-2,5H2,(H,12,17)(H,13,14,15). The molecule has 0 aliphatic rings. The maximum Gasteiger partial charge on any atom is 0.335 e. The summed E-state index contributed by atoms with van der Waals surface area (Å²) in [5, 5.41) is 9.18. The third-order valence-electron chi connectivity index (χ3n) is 2.30. The number of carbonyl (C=O) groups excluding carboxylic acids is 1. The fourth-order valence-electron chi connectivity index (χ4n) is 1.40. The Labute approximate surface area is 102 Å². The van der Waals surface area contributed by atoms with E-state index in [1.165, 1.54) is 18.5 Å². The number of H-pyrrole nitrogens is 1. The van der Waals surface area contributed by atoms with Crippen molar-refractivity contribution in [3.63, 3.8) is 0 Å². The van der Waals surface area contributed by atoms with Crippen LogP contribution in [0.5, 0.6) is 0 Å². The first-order valence-electron chi connectivity index (χ1n) is 5.47. The first-order valence-corrected chi connectivity index (χ1v) is 5.47. The second kappa shape index (κ2) is 5.76. The Hall–Kier alpha value is -2.44. The van der Waals surface area contributed by atoms with E-state index in [-0.39, 0.29) is 5.91 Å². The molecule has 0 spiro atoms. The molecular weight excluding hydrogens is 236 g/mol. The Morgan fingerprint density at radius 1 is 1.44 bits per heavy atom. The van der Waals surface area contributed by atoms with Gasteiger partial charge in [0, 0.05) is 19.0 Å². The zero-order valence-corrected chi connectivity index (χ0v) is 9.55. The van der Waals surface area contributed by atoms with Crippen molar-refractivity contribution in [2.24, 2.45) is 0 Å². The second-order valence-corrected chi connectivity index (χ2v) is 3.64. The summed E-state index contributed by atoms with van der Waals surface area (Å²) in [4.78, 5) is 26.3. The van der Waals surface area contributed by atoms with Gasteiger partial charge in [0.05, 0.1) is 5.56 Å². The van der Waals surface area contributed by atoms with Gasteiger partial charge in [0.1, 0.15) is 18.4 Å². The summed E-state index contributed by atoms with van der Waals surface area (Å²) in [5.74, 6) is 0.520. The minimum Gasteiger partial charge on any atom is -0.430 e. The van der Waals surface area contributed by atoms with Crippen molar-refractivity contribution in [1.29, 1.82) is 0 Å². The minimum atomic E-state index is -0.475. The monoisotopic (exact) mass is 248 g/mol. The normalized spacial score (nSPS) is 10.2. The first kappa shape index (κ1) is 12.0. The lowest BCUT2D eigenvalue weighted by atomic mass is 10.2. The quantitative estimate of drug-likeness (QED) is 0.732. The molecule has 7 heteroatoms. The van der Waals surface area contributed by atoms with Crippen molar-refractivity contribution in [2.45, 2.75) is 12.8 Å². The van der Waals surface area contributed by atoms with Crippen LogP contribution in [0.2, 0.25) is 0 Å². The van der Waals surface area contributed by atoms with Crippen molar-refractivity contribution in [3.8, 4) is 0 Å². The zero-order chi connectivity index (χ0) is 12.8. The van der Waals surface area contributed by atoms with Crippen LogP contribution in [0.4, 0.5) is 0 Å². The molecule has 2 rings (SSSR count). The molecule has 2 heterocycles. The lowest BCUT2D eigenvalue weighted by molar-refractivity contribution is 0.0950. The highest BCUT2D eigenvalue weighted by Crippen LogP contribution is 1.96. The zero-order valence-electron chi connectivity index (χ0n) is 9.55. The van der Waals surface area contributed by atoms with E-state index in [9.17, 15) is 9.59 Å². The van der Waals surface area contributed by atoms with Gasteiger partial charge in [-0.3, -0.25) is 9.89 Å². The SMILES string of the molecule is O=C(NCCCc1ncn[nH]1)c1ccc(=O)oc1. The van der Waals surface area contributed by atoms with Crippen molar-refractivity contribution in [3.05, 3.63) is 46.5 Å². The Balaban J connectivity index is 1.75. The molecule has 2 N–H and O–H groups in total. The van der Waals surface area contributed by atoms with Crippen LogP contribution >= 0.6 is 0 Å². The topological polar surface area (TPSA) is 101 Å². The number of hydrogen-bond acceptors (Lipinski definition) is 5. The molecule has 0 bridgehead atoms. The third kappa shape index (κ3) is 3.27. The van der Waals surface area contributed by atoms with Crippen LogP contribution in [-0.4, -0.2) is 27.6 Å². The van der Waals surface area contributed by atoms with E-state index in [0.717, 1.165) is 18.5 Å². The van der Waals surface area contributed by atoms with Crippen molar-refractivity contribution < 1.29 is 9.21 Å². The molecule has 0 saturated carbocycles. The predicted octanol–water partition coefficient (Wildman–Crippen LogP) is 0.120. The maximum atomic E-state index is 11.6. The molecule has 0 unspecified atom stereocenters. The third-order valence-corrected chi connectivity index (χ3v) is 2.30. The van der Waals surface area contributed by atoms with Gasteiger partial charge in [0.2, 0.25) is 0 Å². The van der Waals surface area contributed by atoms with Crippen LogP contribution in [0.15, 0.2) is 33.9 Å². The average molecular weight is 248 g/mol. The van der Waals surface area contributed by atoms with Gasteiger partial charge in [-0.1, -0.05) is 0 Å². The minimum absolute atomic E-state index is 0.267. The van der Waals surface area contributed by atoms with Gasteiger partial charge in [-0.05, 0) is 12.5 Å². The van der Waals surface area contributed by atoms with Crippen LogP contribution < -0.4 is 10.9 Å². The molecule has 0 atom stereocenters. The summed E-state index contributed by atoms with van der Waals surface area (Å²) in [6, 6.07) is 2.64. The Bertz CT molecular complexity index is 541. The summed E-state index contributed by atoms with van der Waals surface area (Å²) in [6.45, 7) is 0.513. The summed E-state index contributed by atoms with van der Waals surface area (Å²) in [6.07, 6.45) is 4.05. The fourth-order valence-corrected chi connectivity index (χ4v) is 1.40. The summed E-state index contributed by atoms with van der Waals surface area (Å²) in [5.41, 5.74) is -0.147. The number of rotatable bonds is 5. The van der Waals surface area contributed by atoms with Crippen molar-refractivity contribution in [2.75, 3.05) is 6.54 Å². The van der Waals surface area contributed by atoms with Gasteiger partial charge < -0.3 is 9.73 Å². The average Bonchev–Trinajstić information content (AvgIpc) is 2.88. The largest absolute Gasteiger partial charge is 0.430 e. The van der Waals surface area contributed by atoms with E-state index >= 15 is 0 Å². The lowest BCUT2D eigenvalue weighted by Gasteiger charge is -2.03. The van der Waals surface area contributed by atoms with Gasteiger partial charge in [-0.25, -0.2) is 9.78 Å². The molecule has 2 aromatic heterocycles. The Morgan fingerprint density at radius 3 is 3.00 bits per heavy atom. The highest BCUT2D eigenvalue weighted by molar-refractivity contribution is 5.93. The van der Waals surface area contributed by atoms with Gasteiger partial charge in [0.25, 0.3) is 5.91 Å². The van der Waals surface area contributed by atoms with Gasteiger partial charge in [0.15, 0.2) is 0 Å². The van der Waals surface area contributed by atoms with Gasteiger partial charge >= 0.3 is 5.63 Å². The summed E-state index contributed by atoms with van der Waals surface area (Å²) < 4.78 is 4.60. The summed E-state index contributed by atoms with van der Waals surface area (Å²) in [7, 11) is 0. The number of aromatic amines is 1. The van der Waals surface area contributed by atoms with Crippen LogP contribution in [0, 0.1) is 0 Å².